The Kier molecular flexibility index (Phi) is 6.57. The molecule has 0 saturated heterocycles. The van der Waals surface area contributed by atoms with Crippen LogP contribution in [-0.4, -0.2) is 26.9 Å². The number of aromatic nitrogens is 2. The van der Waals surface area contributed by atoms with Gasteiger partial charge in [-0.15, -0.1) is 0 Å². The molecule has 0 aliphatic heterocycles. The number of carbonyl (C=O) groups excluding carboxylic acids is 1. The Bertz CT molecular complexity index is 1440. The lowest BCUT2D eigenvalue weighted by molar-refractivity contribution is -0.141. The molecule has 9 heteroatoms. The third-order valence-corrected chi connectivity index (χ3v) is 5.10. The number of carbonyl (C=O) groups is 1. The van der Waals surface area contributed by atoms with Gasteiger partial charge < -0.3 is 5.11 Å². The highest BCUT2D eigenvalue weighted by Crippen LogP contribution is 2.30. The molecule has 1 N–H and O–H groups in total. The van der Waals surface area contributed by atoms with Gasteiger partial charge >= 0.3 is 6.18 Å². The van der Waals surface area contributed by atoms with Crippen LogP contribution >= 0.6 is 0 Å². The maximum atomic E-state index is 13.3. The largest absolute Gasteiger partial charge is 0.435 e. The van der Waals surface area contributed by atoms with Crippen LogP contribution in [0.2, 0.25) is 0 Å². The van der Waals surface area contributed by atoms with Gasteiger partial charge in [0, 0.05) is 6.07 Å². The van der Waals surface area contributed by atoms with Crippen LogP contribution in [0.15, 0.2) is 89.9 Å². The van der Waals surface area contributed by atoms with E-state index in [9.17, 15) is 23.1 Å². The summed E-state index contributed by atoms with van der Waals surface area (Å²) in [5, 5.41) is 23.2. The van der Waals surface area contributed by atoms with Crippen LogP contribution in [0.25, 0.3) is 5.69 Å². The van der Waals surface area contributed by atoms with Gasteiger partial charge in [-0.05, 0) is 41.5 Å². The van der Waals surface area contributed by atoms with E-state index >= 15 is 0 Å². The summed E-state index contributed by atoms with van der Waals surface area (Å²) in [6, 6.07) is 23.8. The van der Waals surface area contributed by atoms with Crippen molar-refractivity contribution in [2.75, 3.05) is 0 Å². The van der Waals surface area contributed by atoms with Crippen molar-refractivity contribution in [3.8, 4) is 11.8 Å². The molecular weight excluding hydrogens is 457 g/mol. The fraction of sp³-hybridized carbons (Fsp3) is 0.0769. The second-order valence-corrected chi connectivity index (χ2v) is 7.52. The molecular formula is C26H17F3N4O2. The number of halogens is 3. The van der Waals surface area contributed by atoms with Gasteiger partial charge in [-0.1, -0.05) is 48.5 Å². The summed E-state index contributed by atoms with van der Waals surface area (Å²) in [6.45, 7) is 0. The summed E-state index contributed by atoms with van der Waals surface area (Å²) < 4.78 is 40.8. The highest BCUT2D eigenvalue weighted by Gasteiger charge is 2.36. The highest BCUT2D eigenvalue weighted by molar-refractivity contribution is 6.35. The van der Waals surface area contributed by atoms with Crippen LogP contribution in [0.1, 0.15) is 39.0 Å². The molecule has 1 heterocycles. The number of hydrogen-bond acceptors (Lipinski definition) is 5. The number of nitrogens with zero attached hydrogens (tertiary/aromatic N) is 4. The van der Waals surface area contributed by atoms with Gasteiger partial charge in [0.15, 0.2) is 5.69 Å². The third kappa shape index (κ3) is 5.34. The topological polar surface area (TPSA) is 91.3 Å². The maximum Gasteiger partial charge on any atom is 0.435 e. The van der Waals surface area contributed by atoms with Crippen molar-refractivity contribution in [1.82, 2.24) is 9.78 Å². The summed E-state index contributed by atoms with van der Waals surface area (Å²) in [4.78, 5) is 17.0. The zero-order valence-corrected chi connectivity index (χ0v) is 18.0. The molecule has 0 amide bonds. The summed E-state index contributed by atoms with van der Waals surface area (Å²) >= 11 is 0. The second kappa shape index (κ2) is 9.75. The maximum absolute atomic E-state index is 13.3. The average molecular weight is 474 g/mol. The van der Waals surface area contributed by atoms with Gasteiger partial charge in [0.1, 0.15) is 11.8 Å². The number of aliphatic hydroxyl groups excluding tert-OH is 1. The van der Waals surface area contributed by atoms with E-state index in [1.54, 1.807) is 48.5 Å². The number of alkyl halides is 3. The van der Waals surface area contributed by atoms with E-state index in [0.717, 1.165) is 10.9 Å². The first-order valence-electron chi connectivity index (χ1n) is 10.4. The number of ketones is 1. The molecule has 0 aliphatic rings. The van der Waals surface area contributed by atoms with Crippen LogP contribution < -0.4 is 0 Å². The van der Waals surface area contributed by atoms with Gasteiger partial charge in [0.05, 0.1) is 29.2 Å². The van der Waals surface area contributed by atoms with E-state index in [2.05, 4.69) is 10.1 Å². The zero-order chi connectivity index (χ0) is 25.0. The summed E-state index contributed by atoms with van der Waals surface area (Å²) in [5.74, 6) is -0.815. The SMILES string of the molecule is N#Cc1cccc(-n2nc(C(F)(F)F)cc2C(=O)/C=N/c2cccc(C(O)c3ccccc3)c2)c1. The first-order valence-corrected chi connectivity index (χ1v) is 10.4. The van der Waals surface area contributed by atoms with Gasteiger partial charge in [0.25, 0.3) is 0 Å². The van der Waals surface area contributed by atoms with Crippen molar-refractivity contribution >= 4 is 17.7 Å². The Morgan fingerprint density at radius 3 is 2.43 bits per heavy atom. The van der Waals surface area contributed by atoms with Crippen LogP contribution in [0.3, 0.4) is 0 Å². The highest BCUT2D eigenvalue weighted by atomic mass is 19.4. The molecule has 0 fully saturated rings. The van der Waals surface area contributed by atoms with E-state index in [-0.39, 0.29) is 16.9 Å². The van der Waals surface area contributed by atoms with Crippen molar-refractivity contribution in [3.05, 3.63) is 113 Å². The van der Waals surface area contributed by atoms with Crippen LogP contribution in [0.5, 0.6) is 0 Å². The van der Waals surface area contributed by atoms with Gasteiger partial charge in [-0.3, -0.25) is 9.79 Å². The lowest BCUT2D eigenvalue weighted by atomic mass is 10.0. The molecule has 1 atom stereocenters. The number of aliphatic imine (C=N–C) groups is 1. The van der Waals surface area contributed by atoms with Crippen LogP contribution in [0.4, 0.5) is 18.9 Å². The fourth-order valence-electron chi connectivity index (χ4n) is 3.40. The summed E-state index contributed by atoms with van der Waals surface area (Å²) in [5.41, 5.74) is 0.265. The van der Waals surface area contributed by atoms with E-state index in [1.807, 2.05) is 12.1 Å². The molecule has 0 bridgehead atoms. The van der Waals surface area contributed by atoms with Gasteiger partial charge in [-0.2, -0.15) is 23.5 Å². The smallest absolute Gasteiger partial charge is 0.384 e. The molecule has 0 aliphatic carbocycles. The number of nitriles is 1. The number of aliphatic hydroxyl groups is 1. The Labute approximate surface area is 198 Å². The second-order valence-electron chi connectivity index (χ2n) is 7.52. The van der Waals surface area contributed by atoms with E-state index in [1.165, 1.54) is 24.3 Å². The molecule has 0 saturated carbocycles. The average Bonchev–Trinajstić information content (AvgIpc) is 3.34. The molecule has 6 nitrogen and oxygen atoms in total. The molecule has 3 aromatic carbocycles. The molecule has 1 aromatic heterocycles. The molecule has 35 heavy (non-hydrogen) atoms. The predicted molar refractivity (Wildman–Crippen MR) is 123 cm³/mol. The van der Waals surface area contributed by atoms with Crippen molar-refractivity contribution in [1.29, 1.82) is 5.26 Å². The predicted octanol–water partition coefficient (Wildman–Crippen LogP) is 5.43. The van der Waals surface area contributed by atoms with E-state index in [4.69, 9.17) is 5.26 Å². The lowest BCUT2D eigenvalue weighted by Gasteiger charge is -2.11. The van der Waals surface area contributed by atoms with Crippen LogP contribution in [0, 0.1) is 11.3 Å². The van der Waals surface area contributed by atoms with Crippen LogP contribution in [-0.2, 0) is 6.18 Å². The summed E-state index contributed by atoms with van der Waals surface area (Å²) in [6.07, 6.45) is -4.78. The Balaban J connectivity index is 1.65. The standard InChI is InChI=1S/C26H17F3N4O2/c27-26(28,29)24-14-22(33(32-24)21-11-4-6-17(12-21)15-30)23(34)16-31-20-10-5-9-19(13-20)25(35)18-7-2-1-3-8-18/h1-14,16,25,35H/b31-16+. The lowest BCUT2D eigenvalue weighted by Crippen LogP contribution is -2.10. The molecule has 0 radical (unpaired) electrons. The molecule has 174 valence electrons. The number of Topliss-reactive ketones (excluding diaryl/α,β-unsaturated/α-hetero) is 1. The van der Waals surface area contributed by atoms with E-state index in [0.29, 0.717) is 22.9 Å². The molecule has 4 aromatic rings. The number of benzene rings is 3. The molecule has 1 unspecified atom stereocenters. The monoisotopic (exact) mass is 474 g/mol. The minimum Gasteiger partial charge on any atom is -0.384 e. The number of hydrogen-bond donors (Lipinski definition) is 1. The minimum absolute atomic E-state index is 0.129. The Morgan fingerprint density at radius 2 is 1.71 bits per heavy atom. The van der Waals surface area contributed by atoms with Gasteiger partial charge in [-0.25, -0.2) is 4.68 Å². The van der Waals surface area contributed by atoms with Crippen molar-refractivity contribution < 1.29 is 23.1 Å². The van der Waals surface area contributed by atoms with E-state index < -0.39 is 23.8 Å². The first kappa shape index (κ1) is 23.6. The van der Waals surface area contributed by atoms with Crippen molar-refractivity contribution in [2.45, 2.75) is 12.3 Å². The fourth-order valence-corrected chi connectivity index (χ4v) is 3.40. The first-order chi connectivity index (χ1) is 16.8. The Hall–Kier alpha value is -4.55. The number of rotatable bonds is 6. The van der Waals surface area contributed by atoms with Gasteiger partial charge in [0.2, 0.25) is 5.78 Å². The van der Waals surface area contributed by atoms with Crippen molar-refractivity contribution in [2.24, 2.45) is 4.99 Å². The Morgan fingerprint density at radius 1 is 1.00 bits per heavy atom. The zero-order valence-electron chi connectivity index (χ0n) is 18.0. The normalized spacial score (nSPS) is 12.4. The third-order valence-electron chi connectivity index (χ3n) is 5.10. The summed E-state index contributed by atoms with van der Waals surface area (Å²) in [7, 11) is 0. The minimum atomic E-state index is -4.77. The van der Waals surface area contributed by atoms with Crippen molar-refractivity contribution in [3.63, 3.8) is 0 Å². The molecule has 0 spiro atoms. The molecule has 4 rings (SSSR count). The quantitative estimate of drug-likeness (QED) is 0.298.